The summed E-state index contributed by atoms with van der Waals surface area (Å²) in [5, 5.41) is 15.1. The summed E-state index contributed by atoms with van der Waals surface area (Å²) in [4.78, 5) is 12.5. The van der Waals surface area contributed by atoms with Crippen molar-refractivity contribution in [3.05, 3.63) is 117 Å². The molecule has 36 heavy (non-hydrogen) atoms. The third kappa shape index (κ3) is 6.46. The summed E-state index contributed by atoms with van der Waals surface area (Å²) in [7, 11) is 0. The Bertz CT molecular complexity index is 1410. The van der Waals surface area contributed by atoms with E-state index in [0.29, 0.717) is 34.5 Å². The molecule has 4 rings (SSSR count). The number of hydrogen-bond donors (Lipinski definition) is 1. The quantitative estimate of drug-likeness (QED) is 0.144. The van der Waals surface area contributed by atoms with Crippen LogP contribution in [0.2, 0.25) is 10.0 Å². The number of hydrogen-bond acceptors (Lipinski definition) is 3. The molecule has 0 aliphatic carbocycles. The van der Waals surface area contributed by atoms with E-state index in [0.717, 1.165) is 29.2 Å². The van der Waals surface area contributed by atoms with Crippen molar-refractivity contribution in [1.82, 2.24) is 5.32 Å². The predicted octanol–water partition coefficient (Wildman–Crippen LogP) is 7.38. The topological polar surface area (TPSA) is 62.1 Å². The highest BCUT2D eigenvalue weighted by Gasteiger charge is 2.13. The van der Waals surface area contributed by atoms with Gasteiger partial charge in [0.15, 0.2) is 5.75 Å². The van der Waals surface area contributed by atoms with Crippen LogP contribution in [0.25, 0.3) is 16.8 Å². The summed E-state index contributed by atoms with van der Waals surface area (Å²) in [6.45, 7) is 0.764. The third-order valence-electron chi connectivity index (χ3n) is 5.72. The van der Waals surface area contributed by atoms with Gasteiger partial charge in [-0.2, -0.15) is 5.26 Å². The lowest BCUT2D eigenvalue weighted by molar-refractivity contribution is -0.117. The molecule has 6 heteroatoms. The molecular weight excluding hydrogens is 491 g/mol. The van der Waals surface area contributed by atoms with Gasteiger partial charge in [-0.1, -0.05) is 96.0 Å². The summed E-state index contributed by atoms with van der Waals surface area (Å²) >= 11 is 12.9. The summed E-state index contributed by atoms with van der Waals surface area (Å²) in [6.07, 6.45) is 3.09. The zero-order valence-corrected chi connectivity index (χ0v) is 21.0. The van der Waals surface area contributed by atoms with Crippen LogP contribution in [0.5, 0.6) is 5.75 Å². The molecule has 4 aromatic carbocycles. The van der Waals surface area contributed by atoms with Crippen molar-refractivity contribution in [1.29, 1.82) is 5.26 Å². The Morgan fingerprint density at radius 2 is 1.64 bits per heavy atom. The van der Waals surface area contributed by atoms with Crippen LogP contribution in [0.1, 0.15) is 23.1 Å². The standard InChI is InChI=1S/C30H24Cl2N2O2/c31-27-17-22(16-25(19-33)30(35)34-15-7-10-21-8-2-1-3-9-21)18-28(32)29(27)36-20-24-13-6-12-23-11-4-5-14-26(23)24/h1-6,8-9,11-14,16-18H,7,10,15,20H2,(H,34,35)/b25-16-. The van der Waals surface area contributed by atoms with E-state index in [9.17, 15) is 10.1 Å². The number of benzene rings is 4. The van der Waals surface area contributed by atoms with Crippen molar-refractivity contribution < 1.29 is 9.53 Å². The number of halogens is 2. The third-order valence-corrected chi connectivity index (χ3v) is 6.28. The molecule has 0 atom stereocenters. The van der Waals surface area contributed by atoms with Crippen LogP contribution in [0.4, 0.5) is 0 Å². The van der Waals surface area contributed by atoms with Crippen LogP contribution >= 0.6 is 23.2 Å². The van der Waals surface area contributed by atoms with Crippen LogP contribution in [-0.2, 0) is 17.8 Å². The second-order valence-electron chi connectivity index (χ2n) is 8.26. The zero-order chi connectivity index (χ0) is 25.3. The number of rotatable bonds is 9. The second-order valence-corrected chi connectivity index (χ2v) is 9.07. The van der Waals surface area contributed by atoms with Crippen LogP contribution in [0, 0.1) is 11.3 Å². The Balaban J connectivity index is 1.40. The highest BCUT2D eigenvalue weighted by molar-refractivity contribution is 6.37. The highest BCUT2D eigenvalue weighted by atomic mass is 35.5. The van der Waals surface area contributed by atoms with E-state index in [2.05, 4.69) is 5.32 Å². The van der Waals surface area contributed by atoms with Crippen molar-refractivity contribution in [3.63, 3.8) is 0 Å². The van der Waals surface area contributed by atoms with Gasteiger partial charge in [-0.05, 0) is 58.5 Å². The molecule has 0 spiro atoms. The average molecular weight is 515 g/mol. The van der Waals surface area contributed by atoms with Gasteiger partial charge in [0, 0.05) is 6.54 Å². The number of carbonyl (C=O) groups excluding carboxylic acids is 1. The first-order valence-electron chi connectivity index (χ1n) is 11.6. The average Bonchev–Trinajstić information content (AvgIpc) is 2.90. The van der Waals surface area contributed by atoms with E-state index < -0.39 is 5.91 Å². The molecule has 180 valence electrons. The monoisotopic (exact) mass is 514 g/mol. The molecule has 4 nitrogen and oxygen atoms in total. The van der Waals surface area contributed by atoms with Crippen molar-refractivity contribution in [3.8, 4) is 11.8 Å². The molecule has 0 aliphatic rings. The lowest BCUT2D eigenvalue weighted by atomic mass is 10.1. The summed E-state index contributed by atoms with van der Waals surface area (Å²) in [6, 6.07) is 29.4. The molecule has 0 radical (unpaired) electrons. The maximum absolute atomic E-state index is 12.5. The SMILES string of the molecule is N#C/C(=C/c1cc(Cl)c(OCc2cccc3ccccc23)c(Cl)c1)C(=O)NCCCc1ccccc1. The van der Waals surface area contributed by atoms with Crippen LogP contribution in [0.3, 0.4) is 0 Å². The van der Waals surface area contributed by atoms with Gasteiger partial charge in [0.2, 0.25) is 0 Å². The molecule has 1 N–H and O–H groups in total. The van der Waals surface area contributed by atoms with Crippen molar-refractivity contribution in [2.24, 2.45) is 0 Å². The fourth-order valence-corrected chi connectivity index (χ4v) is 4.53. The molecule has 0 saturated heterocycles. The fraction of sp³-hybridized carbons (Fsp3) is 0.133. The van der Waals surface area contributed by atoms with Gasteiger partial charge < -0.3 is 10.1 Å². The fourth-order valence-electron chi connectivity index (χ4n) is 3.92. The normalized spacial score (nSPS) is 11.2. The number of nitrogens with zero attached hydrogens (tertiary/aromatic N) is 1. The number of nitrogens with one attached hydrogen (secondary N) is 1. The number of fused-ring (bicyclic) bond motifs is 1. The van der Waals surface area contributed by atoms with Gasteiger partial charge in [-0.3, -0.25) is 4.79 Å². The van der Waals surface area contributed by atoms with Gasteiger partial charge in [0.05, 0.1) is 10.0 Å². The first-order chi connectivity index (χ1) is 17.5. The van der Waals surface area contributed by atoms with Crippen molar-refractivity contribution in [2.45, 2.75) is 19.4 Å². The van der Waals surface area contributed by atoms with E-state index in [4.69, 9.17) is 27.9 Å². The predicted molar refractivity (Wildman–Crippen MR) is 146 cm³/mol. The minimum Gasteiger partial charge on any atom is -0.486 e. The Morgan fingerprint density at radius 3 is 2.39 bits per heavy atom. The van der Waals surface area contributed by atoms with E-state index in [-0.39, 0.29) is 5.57 Å². The highest BCUT2D eigenvalue weighted by Crippen LogP contribution is 2.36. The molecule has 0 aromatic heterocycles. The molecule has 0 fully saturated rings. The Hall–Kier alpha value is -3.78. The number of ether oxygens (including phenoxy) is 1. The second kappa shape index (κ2) is 12.3. The van der Waals surface area contributed by atoms with Gasteiger partial charge in [0.25, 0.3) is 5.91 Å². The minimum absolute atomic E-state index is 0.0220. The number of carbonyl (C=O) groups is 1. The van der Waals surface area contributed by atoms with Crippen LogP contribution < -0.4 is 10.1 Å². The Morgan fingerprint density at radius 1 is 0.944 bits per heavy atom. The number of aryl methyl sites for hydroxylation is 1. The minimum atomic E-state index is -0.436. The zero-order valence-electron chi connectivity index (χ0n) is 19.5. The lowest BCUT2D eigenvalue weighted by Gasteiger charge is -2.13. The smallest absolute Gasteiger partial charge is 0.261 e. The van der Waals surface area contributed by atoms with Crippen LogP contribution in [0.15, 0.2) is 90.5 Å². The van der Waals surface area contributed by atoms with Crippen molar-refractivity contribution in [2.75, 3.05) is 6.54 Å². The number of amides is 1. The van der Waals surface area contributed by atoms with E-state index in [1.54, 1.807) is 12.1 Å². The molecule has 1 amide bonds. The largest absolute Gasteiger partial charge is 0.486 e. The van der Waals surface area contributed by atoms with E-state index in [1.165, 1.54) is 11.6 Å². The van der Waals surface area contributed by atoms with Gasteiger partial charge in [-0.25, -0.2) is 0 Å². The van der Waals surface area contributed by atoms with Gasteiger partial charge in [-0.15, -0.1) is 0 Å². The summed E-state index contributed by atoms with van der Waals surface area (Å²) < 4.78 is 5.97. The van der Waals surface area contributed by atoms with Gasteiger partial charge in [0.1, 0.15) is 18.2 Å². The molecule has 0 saturated carbocycles. The van der Waals surface area contributed by atoms with Crippen LogP contribution in [-0.4, -0.2) is 12.5 Å². The first kappa shape index (κ1) is 25.3. The molecule has 0 unspecified atom stereocenters. The Kier molecular flexibility index (Phi) is 8.62. The molecule has 4 aromatic rings. The summed E-state index contributed by atoms with van der Waals surface area (Å²) in [5.74, 6) is -0.0821. The van der Waals surface area contributed by atoms with Crippen molar-refractivity contribution >= 4 is 46.0 Å². The lowest BCUT2D eigenvalue weighted by Crippen LogP contribution is -2.25. The van der Waals surface area contributed by atoms with E-state index >= 15 is 0 Å². The maximum Gasteiger partial charge on any atom is 0.261 e. The number of nitriles is 1. The van der Waals surface area contributed by atoms with Gasteiger partial charge >= 0.3 is 0 Å². The Labute approximate surface area is 220 Å². The molecule has 0 bridgehead atoms. The van der Waals surface area contributed by atoms with E-state index in [1.807, 2.05) is 78.9 Å². The molecular formula is C30H24Cl2N2O2. The molecule has 0 aliphatic heterocycles. The molecule has 0 heterocycles. The maximum atomic E-state index is 12.5. The summed E-state index contributed by atoms with van der Waals surface area (Å²) in [5.41, 5.74) is 2.74. The first-order valence-corrected chi connectivity index (χ1v) is 12.3.